The number of alkyl halides is 3. The van der Waals surface area contributed by atoms with Crippen LogP contribution in [0.3, 0.4) is 0 Å². The smallest absolute Gasteiger partial charge is 0.416 e. The van der Waals surface area contributed by atoms with E-state index in [2.05, 4.69) is 0 Å². The zero-order chi connectivity index (χ0) is 19.0. The highest BCUT2D eigenvalue weighted by Gasteiger charge is 2.49. The number of likely N-dealkylation sites (tertiary alicyclic amines) is 1. The lowest BCUT2D eigenvalue weighted by atomic mass is 9.64. The Balaban J connectivity index is 1.33. The predicted molar refractivity (Wildman–Crippen MR) is 94.0 cm³/mol. The molecule has 3 nitrogen and oxygen atoms in total. The van der Waals surface area contributed by atoms with Gasteiger partial charge in [-0.1, -0.05) is 42.5 Å². The van der Waals surface area contributed by atoms with Gasteiger partial charge in [0.1, 0.15) is 6.61 Å². The normalized spacial score (nSPS) is 24.3. The Labute approximate surface area is 155 Å². The third-order valence-electron chi connectivity index (χ3n) is 5.69. The SMILES string of the molecule is O=C(OCc1ccccc1)N1C[C@H]2C[C@H](c3ccc(C(F)(F)F)cc3)[C@H]2C1. The van der Waals surface area contributed by atoms with Crippen molar-refractivity contribution in [3.8, 4) is 0 Å². The number of nitrogens with zero attached hydrogens (tertiary/aromatic N) is 1. The van der Waals surface area contributed by atoms with E-state index in [0.717, 1.165) is 29.7 Å². The molecule has 1 aliphatic heterocycles. The maximum absolute atomic E-state index is 12.7. The van der Waals surface area contributed by atoms with Crippen LogP contribution in [0.5, 0.6) is 0 Å². The van der Waals surface area contributed by atoms with Gasteiger partial charge in [-0.3, -0.25) is 0 Å². The lowest BCUT2D eigenvalue weighted by Gasteiger charge is -2.39. The van der Waals surface area contributed by atoms with Crippen LogP contribution in [0.15, 0.2) is 54.6 Å². The van der Waals surface area contributed by atoms with E-state index in [1.165, 1.54) is 0 Å². The van der Waals surface area contributed by atoms with E-state index in [4.69, 9.17) is 4.74 Å². The fourth-order valence-electron chi connectivity index (χ4n) is 4.17. The Morgan fingerprint density at radius 2 is 1.74 bits per heavy atom. The van der Waals surface area contributed by atoms with Gasteiger partial charge in [-0.15, -0.1) is 0 Å². The third-order valence-corrected chi connectivity index (χ3v) is 5.69. The molecule has 0 spiro atoms. The molecule has 2 fully saturated rings. The molecule has 4 rings (SSSR count). The quantitative estimate of drug-likeness (QED) is 0.749. The maximum atomic E-state index is 12.7. The van der Waals surface area contributed by atoms with E-state index < -0.39 is 11.7 Å². The Hall–Kier alpha value is -2.50. The van der Waals surface area contributed by atoms with Crippen molar-refractivity contribution < 1.29 is 22.7 Å². The third kappa shape index (κ3) is 3.66. The zero-order valence-electron chi connectivity index (χ0n) is 14.7. The van der Waals surface area contributed by atoms with Gasteiger partial charge in [-0.05, 0) is 47.4 Å². The molecule has 1 aliphatic carbocycles. The Morgan fingerprint density at radius 3 is 2.41 bits per heavy atom. The zero-order valence-corrected chi connectivity index (χ0v) is 14.7. The number of halogens is 3. The number of benzene rings is 2. The molecule has 3 atom stereocenters. The van der Waals surface area contributed by atoms with Gasteiger partial charge < -0.3 is 9.64 Å². The van der Waals surface area contributed by atoms with Crippen molar-refractivity contribution in [3.05, 3.63) is 71.3 Å². The second kappa shape index (κ2) is 6.91. The number of amides is 1. The van der Waals surface area contributed by atoms with Crippen molar-refractivity contribution in [2.24, 2.45) is 11.8 Å². The highest BCUT2D eigenvalue weighted by molar-refractivity contribution is 5.68. The highest BCUT2D eigenvalue weighted by atomic mass is 19.4. The fourth-order valence-corrected chi connectivity index (χ4v) is 4.17. The first-order chi connectivity index (χ1) is 12.9. The minimum Gasteiger partial charge on any atom is -0.445 e. The monoisotopic (exact) mass is 375 g/mol. The fraction of sp³-hybridized carbons (Fsp3) is 0.381. The summed E-state index contributed by atoms with van der Waals surface area (Å²) in [5.74, 6) is 0.914. The molecule has 0 unspecified atom stereocenters. The van der Waals surface area contributed by atoms with E-state index in [-0.39, 0.29) is 18.6 Å². The summed E-state index contributed by atoms with van der Waals surface area (Å²) in [6.07, 6.45) is -3.73. The summed E-state index contributed by atoms with van der Waals surface area (Å²) >= 11 is 0. The van der Waals surface area contributed by atoms with Gasteiger partial charge in [0.2, 0.25) is 0 Å². The average molecular weight is 375 g/mol. The van der Waals surface area contributed by atoms with Crippen LogP contribution in [0.2, 0.25) is 0 Å². The molecule has 1 saturated carbocycles. The Bertz CT molecular complexity index is 804. The largest absolute Gasteiger partial charge is 0.445 e. The van der Waals surface area contributed by atoms with E-state index in [9.17, 15) is 18.0 Å². The van der Waals surface area contributed by atoms with Crippen LogP contribution in [-0.4, -0.2) is 24.1 Å². The van der Waals surface area contributed by atoms with Gasteiger partial charge in [0.15, 0.2) is 0 Å². The van der Waals surface area contributed by atoms with Crippen LogP contribution in [0.1, 0.15) is 29.0 Å². The van der Waals surface area contributed by atoms with E-state index >= 15 is 0 Å². The number of hydrogen-bond donors (Lipinski definition) is 0. The number of hydrogen-bond acceptors (Lipinski definition) is 2. The van der Waals surface area contributed by atoms with Crippen molar-refractivity contribution in [3.63, 3.8) is 0 Å². The molecule has 1 saturated heterocycles. The lowest BCUT2D eigenvalue weighted by molar-refractivity contribution is -0.137. The molecule has 2 aromatic carbocycles. The Morgan fingerprint density at radius 1 is 1.04 bits per heavy atom. The Kier molecular flexibility index (Phi) is 4.58. The van der Waals surface area contributed by atoms with Gasteiger partial charge >= 0.3 is 12.3 Å². The molecule has 1 heterocycles. The summed E-state index contributed by atoms with van der Waals surface area (Å²) in [6, 6.07) is 14.9. The van der Waals surface area contributed by atoms with Crippen LogP contribution in [0, 0.1) is 11.8 Å². The highest BCUT2D eigenvalue weighted by Crippen LogP contribution is 2.51. The first-order valence-corrected chi connectivity index (χ1v) is 9.04. The predicted octanol–water partition coefficient (Wildman–Crippen LogP) is 5.08. The van der Waals surface area contributed by atoms with Gasteiger partial charge in [0.05, 0.1) is 5.56 Å². The topological polar surface area (TPSA) is 29.5 Å². The number of rotatable bonds is 3. The number of ether oxygens (including phenoxy) is 1. The van der Waals surface area contributed by atoms with Crippen molar-refractivity contribution in [1.29, 1.82) is 0 Å². The van der Waals surface area contributed by atoms with E-state index in [1.807, 2.05) is 30.3 Å². The molecule has 142 valence electrons. The molecule has 2 aromatic rings. The van der Waals surface area contributed by atoms with Crippen molar-refractivity contribution >= 4 is 6.09 Å². The molecule has 0 N–H and O–H groups in total. The lowest BCUT2D eigenvalue weighted by Crippen LogP contribution is -2.33. The summed E-state index contributed by atoms with van der Waals surface area (Å²) in [5.41, 5.74) is 1.24. The van der Waals surface area contributed by atoms with Crippen LogP contribution >= 0.6 is 0 Å². The van der Waals surface area contributed by atoms with Crippen LogP contribution in [-0.2, 0) is 17.5 Å². The van der Waals surface area contributed by atoms with Gasteiger partial charge in [-0.2, -0.15) is 13.2 Å². The number of fused-ring (bicyclic) bond motifs is 1. The summed E-state index contributed by atoms with van der Waals surface area (Å²) in [4.78, 5) is 14.0. The van der Waals surface area contributed by atoms with Crippen LogP contribution in [0.4, 0.5) is 18.0 Å². The summed E-state index contributed by atoms with van der Waals surface area (Å²) in [7, 11) is 0. The van der Waals surface area contributed by atoms with Crippen LogP contribution in [0.25, 0.3) is 0 Å². The molecule has 6 heteroatoms. The van der Waals surface area contributed by atoms with Gasteiger partial charge in [-0.25, -0.2) is 4.79 Å². The van der Waals surface area contributed by atoms with E-state index in [1.54, 1.807) is 17.0 Å². The summed E-state index contributed by atoms with van der Waals surface area (Å²) in [5, 5.41) is 0. The minimum absolute atomic E-state index is 0.212. The van der Waals surface area contributed by atoms with Crippen molar-refractivity contribution in [1.82, 2.24) is 4.90 Å². The maximum Gasteiger partial charge on any atom is 0.416 e. The first kappa shape index (κ1) is 17.9. The van der Waals surface area contributed by atoms with E-state index in [0.29, 0.717) is 24.9 Å². The van der Waals surface area contributed by atoms with Gasteiger partial charge in [0.25, 0.3) is 0 Å². The van der Waals surface area contributed by atoms with Gasteiger partial charge in [0, 0.05) is 13.1 Å². The molecule has 2 aliphatic rings. The summed E-state index contributed by atoms with van der Waals surface area (Å²) < 4.78 is 43.5. The summed E-state index contributed by atoms with van der Waals surface area (Å²) in [6.45, 7) is 1.51. The van der Waals surface area contributed by atoms with Crippen molar-refractivity contribution in [2.75, 3.05) is 13.1 Å². The minimum atomic E-state index is -4.31. The molecular weight excluding hydrogens is 355 g/mol. The molecule has 27 heavy (non-hydrogen) atoms. The molecule has 0 aromatic heterocycles. The second-order valence-corrected chi connectivity index (χ2v) is 7.33. The van der Waals surface area contributed by atoms with Crippen LogP contribution < -0.4 is 0 Å². The molecule has 0 bridgehead atoms. The standard InChI is InChI=1S/C21H20F3NO2/c22-21(23,24)17-8-6-15(7-9-17)18-10-16-11-25(12-19(16)18)20(26)27-13-14-4-2-1-3-5-14/h1-9,16,18-19H,10-13H2/t16-,18-,19+/m1/s1. The van der Waals surface area contributed by atoms with Crippen molar-refractivity contribution in [2.45, 2.75) is 25.1 Å². The second-order valence-electron chi connectivity index (χ2n) is 7.33. The molecule has 0 radical (unpaired) electrons. The molecular formula is C21H20F3NO2. The average Bonchev–Trinajstić information content (AvgIpc) is 2.97. The number of carbonyl (C=O) groups is 1. The molecule has 1 amide bonds. The first-order valence-electron chi connectivity index (χ1n) is 9.04. The number of carbonyl (C=O) groups excluding carboxylic acids is 1.